The van der Waals surface area contributed by atoms with E-state index in [9.17, 15) is 4.79 Å². The lowest BCUT2D eigenvalue weighted by Crippen LogP contribution is -2.54. The lowest BCUT2D eigenvalue weighted by atomic mass is 10.1. The Labute approximate surface area is 139 Å². The smallest absolute Gasteiger partial charge is 0.237 e. The van der Waals surface area contributed by atoms with Gasteiger partial charge < -0.3 is 15.0 Å². The first-order valence-corrected chi connectivity index (χ1v) is 8.42. The molecule has 1 aromatic carbocycles. The molecule has 0 aliphatic carbocycles. The highest BCUT2D eigenvalue weighted by molar-refractivity contribution is 5.81. The number of piperazine rings is 1. The summed E-state index contributed by atoms with van der Waals surface area (Å²) in [6.45, 7) is 10.7. The van der Waals surface area contributed by atoms with E-state index in [1.54, 1.807) is 7.11 Å². The summed E-state index contributed by atoms with van der Waals surface area (Å²) in [4.78, 5) is 16.8. The van der Waals surface area contributed by atoms with Gasteiger partial charge in [-0.15, -0.1) is 0 Å². The molecule has 0 spiro atoms. The van der Waals surface area contributed by atoms with Gasteiger partial charge in [0.2, 0.25) is 5.91 Å². The number of nitrogens with zero attached hydrogens (tertiary/aromatic N) is 2. The van der Waals surface area contributed by atoms with Gasteiger partial charge in [-0.05, 0) is 37.1 Å². The second-order valence-electron chi connectivity index (χ2n) is 6.54. The minimum Gasteiger partial charge on any atom is -0.497 e. The fourth-order valence-corrected chi connectivity index (χ4v) is 2.78. The number of nitrogens with one attached hydrogen (secondary N) is 1. The van der Waals surface area contributed by atoms with Crippen LogP contribution in [-0.4, -0.2) is 56.7 Å². The monoisotopic (exact) mass is 319 g/mol. The third-order valence-corrected chi connectivity index (χ3v) is 4.36. The van der Waals surface area contributed by atoms with Crippen LogP contribution in [-0.2, 0) is 4.79 Å². The van der Waals surface area contributed by atoms with E-state index in [-0.39, 0.29) is 11.9 Å². The fraction of sp³-hybridized carbons (Fsp3) is 0.611. The van der Waals surface area contributed by atoms with Crippen LogP contribution in [0.4, 0.5) is 5.69 Å². The molecule has 0 saturated carbocycles. The van der Waals surface area contributed by atoms with Gasteiger partial charge in [0.05, 0.1) is 13.2 Å². The van der Waals surface area contributed by atoms with Gasteiger partial charge in [0.15, 0.2) is 0 Å². The number of benzene rings is 1. The molecule has 5 nitrogen and oxygen atoms in total. The Balaban J connectivity index is 1.83. The van der Waals surface area contributed by atoms with Crippen molar-refractivity contribution in [2.24, 2.45) is 5.92 Å². The van der Waals surface area contributed by atoms with E-state index in [1.807, 2.05) is 19.1 Å². The minimum absolute atomic E-state index is 0.0632. The number of hydrogen-bond donors (Lipinski definition) is 1. The van der Waals surface area contributed by atoms with Gasteiger partial charge in [-0.2, -0.15) is 0 Å². The highest BCUT2D eigenvalue weighted by Crippen LogP contribution is 2.21. The second-order valence-corrected chi connectivity index (χ2v) is 6.54. The quantitative estimate of drug-likeness (QED) is 0.871. The van der Waals surface area contributed by atoms with E-state index in [4.69, 9.17) is 4.74 Å². The van der Waals surface area contributed by atoms with Crippen LogP contribution in [0.15, 0.2) is 24.3 Å². The first-order valence-electron chi connectivity index (χ1n) is 8.42. The maximum Gasteiger partial charge on any atom is 0.237 e. The lowest BCUT2D eigenvalue weighted by molar-refractivity contribution is -0.126. The third-order valence-electron chi connectivity index (χ3n) is 4.36. The van der Waals surface area contributed by atoms with E-state index in [2.05, 4.69) is 41.1 Å². The molecule has 1 aliphatic heterocycles. The van der Waals surface area contributed by atoms with Crippen molar-refractivity contribution in [3.63, 3.8) is 0 Å². The Bertz CT molecular complexity index is 493. The van der Waals surface area contributed by atoms with E-state index >= 15 is 0 Å². The van der Waals surface area contributed by atoms with E-state index < -0.39 is 0 Å². The van der Waals surface area contributed by atoms with Gasteiger partial charge in [0.1, 0.15) is 5.75 Å². The summed E-state index contributed by atoms with van der Waals surface area (Å²) in [6, 6.07) is 8.10. The molecule has 5 heteroatoms. The Morgan fingerprint density at radius 3 is 2.26 bits per heavy atom. The summed E-state index contributed by atoms with van der Waals surface area (Å²) in [7, 11) is 1.68. The highest BCUT2D eigenvalue weighted by Gasteiger charge is 2.25. The molecule has 0 unspecified atom stereocenters. The summed E-state index contributed by atoms with van der Waals surface area (Å²) in [5.41, 5.74) is 1.21. The average Bonchev–Trinajstić information content (AvgIpc) is 2.59. The molecule has 23 heavy (non-hydrogen) atoms. The first-order chi connectivity index (χ1) is 11.0. The SMILES string of the molecule is COc1ccc(N2CCN([C@H](C)C(=O)NCC(C)C)CC2)cc1. The Morgan fingerprint density at radius 2 is 1.74 bits per heavy atom. The maximum absolute atomic E-state index is 12.2. The Kier molecular flexibility index (Phi) is 6.28. The maximum atomic E-state index is 12.2. The molecule has 1 saturated heterocycles. The van der Waals surface area contributed by atoms with Crippen LogP contribution in [0.3, 0.4) is 0 Å². The number of methoxy groups -OCH3 is 1. The molecule has 1 aliphatic rings. The van der Waals surface area contributed by atoms with Crippen LogP contribution in [0.25, 0.3) is 0 Å². The normalized spacial score (nSPS) is 17.2. The van der Waals surface area contributed by atoms with Gasteiger partial charge >= 0.3 is 0 Å². The Hall–Kier alpha value is -1.75. The molecule has 1 fully saturated rings. The molecule has 1 aromatic rings. The molecule has 0 bridgehead atoms. The molecule has 0 radical (unpaired) electrons. The summed E-state index contributed by atoms with van der Waals surface area (Å²) >= 11 is 0. The predicted octanol–water partition coefficient (Wildman–Crippen LogP) is 1.98. The molecule has 2 rings (SSSR count). The molecule has 1 amide bonds. The number of anilines is 1. The van der Waals surface area contributed by atoms with Crippen LogP contribution >= 0.6 is 0 Å². The summed E-state index contributed by atoms with van der Waals surface area (Å²) < 4.78 is 5.20. The van der Waals surface area contributed by atoms with Crippen LogP contribution in [0.2, 0.25) is 0 Å². The molecule has 1 atom stereocenters. The van der Waals surface area contributed by atoms with Gasteiger partial charge in [-0.3, -0.25) is 9.69 Å². The second kappa shape index (κ2) is 8.20. The van der Waals surface area contributed by atoms with Crippen LogP contribution in [0.1, 0.15) is 20.8 Å². The zero-order chi connectivity index (χ0) is 16.8. The van der Waals surface area contributed by atoms with Gasteiger partial charge in [0.25, 0.3) is 0 Å². The van der Waals surface area contributed by atoms with E-state index in [0.29, 0.717) is 5.92 Å². The zero-order valence-electron chi connectivity index (χ0n) is 14.7. The van der Waals surface area contributed by atoms with Crippen molar-refractivity contribution < 1.29 is 9.53 Å². The molecular formula is C18H29N3O2. The molecule has 1 N–H and O–H groups in total. The number of carbonyl (C=O) groups is 1. The van der Waals surface area contributed by atoms with Gasteiger partial charge in [0, 0.05) is 38.4 Å². The van der Waals surface area contributed by atoms with Crippen molar-refractivity contribution in [2.45, 2.75) is 26.8 Å². The Morgan fingerprint density at radius 1 is 1.13 bits per heavy atom. The number of hydrogen-bond acceptors (Lipinski definition) is 4. The summed E-state index contributed by atoms with van der Waals surface area (Å²) in [5, 5.41) is 3.03. The number of rotatable bonds is 6. The van der Waals surface area contributed by atoms with Gasteiger partial charge in [-0.25, -0.2) is 0 Å². The lowest BCUT2D eigenvalue weighted by Gasteiger charge is -2.38. The van der Waals surface area contributed by atoms with Crippen molar-refractivity contribution in [1.29, 1.82) is 0 Å². The largest absolute Gasteiger partial charge is 0.497 e. The van der Waals surface area contributed by atoms with Crippen molar-refractivity contribution >= 4 is 11.6 Å². The first kappa shape index (κ1) is 17.6. The van der Waals surface area contributed by atoms with Crippen molar-refractivity contribution in [3.8, 4) is 5.75 Å². The number of carbonyl (C=O) groups excluding carboxylic acids is 1. The van der Waals surface area contributed by atoms with Crippen molar-refractivity contribution in [1.82, 2.24) is 10.2 Å². The molecular weight excluding hydrogens is 290 g/mol. The van der Waals surface area contributed by atoms with Crippen LogP contribution in [0.5, 0.6) is 5.75 Å². The average molecular weight is 319 g/mol. The topological polar surface area (TPSA) is 44.8 Å². The van der Waals surface area contributed by atoms with E-state index in [0.717, 1.165) is 38.5 Å². The minimum atomic E-state index is -0.0632. The van der Waals surface area contributed by atoms with Gasteiger partial charge in [-0.1, -0.05) is 13.8 Å². The zero-order valence-corrected chi connectivity index (χ0v) is 14.7. The standard InChI is InChI=1S/C18H29N3O2/c1-14(2)13-19-18(22)15(3)20-9-11-21(12-10-20)16-5-7-17(23-4)8-6-16/h5-8,14-15H,9-13H2,1-4H3,(H,19,22)/t15-/m1/s1. The molecule has 1 heterocycles. The van der Waals surface area contributed by atoms with Crippen molar-refractivity contribution in [3.05, 3.63) is 24.3 Å². The fourth-order valence-electron chi connectivity index (χ4n) is 2.78. The molecule has 0 aromatic heterocycles. The van der Waals surface area contributed by atoms with E-state index in [1.165, 1.54) is 5.69 Å². The summed E-state index contributed by atoms with van der Waals surface area (Å²) in [6.07, 6.45) is 0. The number of amides is 1. The summed E-state index contributed by atoms with van der Waals surface area (Å²) in [5.74, 6) is 1.50. The predicted molar refractivity (Wildman–Crippen MR) is 94.1 cm³/mol. The van der Waals surface area contributed by atoms with Crippen molar-refractivity contribution in [2.75, 3.05) is 44.7 Å². The third kappa shape index (κ3) is 4.86. The van der Waals surface area contributed by atoms with Crippen LogP contribution in [0, 0.1) is 5.92 Å². The van der Waals surface area contributed by atoms with Crippen LogP contribution < -0.4 is 15.0 Å². The molecule has 128 valence electrons. The highest BCUT2D eigenvalue weighted by atomic mass is 16.5. The number of ether oxygens (including phenoxy) is 1.